The number of hydrogen-bond acceptors (Lipinski definition) is 3. The largest absolute Gasteiger partial charge is 0.325 e. The van der Waals surface area contributed by atoms with E-state index in [1.807, 2.05) is 0 Å². The molecule has 0 spiro atoms. The maximum atomic E-state index is 12.3. The molecule has 0 heterocycles. The zero-order chi connectivity index (χ0) is 19.3. The number of carbonyl (C=O) groups is 2. The summed E-state index contributed by atoms with van der Waals surface area (Å²) >= 11 is 17.7. The molecule has 0 aliphatic rings. The van der Waals surface area contributed by atoms with Crippen LogP contribution in [0.5, 0.6) is 0 Å². The second-order valence-electron chi connectivity index (χ2n) is 5.77. The Bertz CT molecular complexity index is 814. The zero-order valence-corrected chi connectivity index (χ0v) is 16.5. The van der Waals surface area contributed by atoms with Crippen molar-refractivity contribution >= 4 is 58.0 Å². The van der Waals surface area contributed by atoms with Crippen LogP contribution in [0.15, 0.2) is 42.5 Å². The Hall–Kier alpha value is -1.79. The van der Waals surface area contributed by atoms with Crippen molar-refractivity contribution in [2.75, 3.05) is 24.2 Å². The highest BCUT2D eigenvalue weighted by Crippen LogP contribution is 2.25. The molecule has 1 atom stereocenters. The average Bonchev–Trinajstić information content (AvgIpc) is 2.57. The quantitative estimate of drug-likeness (QED) is 0.729. The third kappa shape index (κ3) is 5.88. The van der Waals surface area contributed by atoms with Crippen molar-refractivity contribution in [3.8, 4) is 0 Å². The minimum atomic E-state index is -0.520. The molecule has 0 saturated heterocycles. The number of anilines is 2. The van der Waals surface area contributed by atoms with Crippen LogP contribution in [0.3, 0.4) is 0 Å². The van der Waals surface area contributed by atoms with E-state index in [0.717, 1.165) is 0 Å². The molecular weight excluding hydrogens is 397 g/mol. The molecule has 0 radical (unpaired) electrons. The molecule has 0 unspecified atom stereocenters. The van der Waals surface area contributed by atoms with Gasteiger partial charge in [-0.1, -0.05) is 40.9 Å². The van der Waals surface area contributed by atoms with Crippen molar-refractivity contribution in [1.82, 2.24) is 4.90 Å². The topological polar surface area (TPSA) is 61.4 Å². The Balaban J connectivity index is 1.90. The van der Waals surface area contributed by atoms with Gasteiger partial charge in [-0.3, -0.25) is 14.5 Å². The van der Waals surface area contributed by atoms with Gasteiger partial charge in [0.25, 0.3) is 0 Å². The molecule has 5 nitrogen and oxygen atoms in total. The summed E-state index contributed by atoms with van der Waals surface area (Å²) in [5, 5.41) is 6.79. The molecule has 2 N–H and O–H groups in total. The van der Waals surface area contributed by atoms with Crippen molar-refractivity contribution in [3.63, 3.8) is 0 Å². The predicted molar refractivity (Wildman–Crippen MR) is 107 cm³/mol. The fourth-order valence-corrected chi connectivity index (χ4v) is 2.64. The van der Waals surface area contributed by atoms with Gasteiger partial charge in [-0.15, -0.1) is 0 Å². The molecule has 0 aromatic heterocycles. The maximum absolute atomic E-state index is 12.3. The first kappa shape index (κ1) is 20.5. The number of likely N-dealkylation sites (N-methyl/N-ethyl adjacent to an activating group) is 1. The van der Waals surface area contributed by atoms with Crippen LogP contribution in [0.1, 0.15) is 6.92 Å². The molecule has 26 heavy (non-hydrogen) atoms. The number of nitrogens with zero attached hydrogens (tertiary/aromatic N) is 1. The Labute approximate surface area is 167 Å². The predicted octanol–water partition coefficient (Wildman–Crippen LogP) is 4.54. The van der Waals surface area contributed by atoms with Gasteiger partial charge in [0, 0.05) is 16.4 Å². The number of benzene rings is 2. The Kier molecular flexibility index (Phi) is 7.29. The molecule has 2 amide bonds. The molecule has 0 saturated carbocycles. The lowest BCUT2D eigenvalue weighted by atomic mass is 10.2. The minimum absolute atomic E-state index is 0.0321. The molecule has 0 aliphatic heterocycles. The third-order valence-corrected chi connectivity index (χ3v) is 4.70. The van der Waals surface area contributed by atoms with Crippen LogP contribution in [0.4, 0.5) is 11.4 Å². The zero-order valence-electron chi connectivity index (χ0n) is 14.2. The smallest absolute Gasteiger partial charge is 0.241 e. The lowest BCUT2D eigenvalue weighted by molar-refractivity contribution is -0.122. The first-order valence-electron chi connectivity index (χ1n) is 7.78. The number of amides is 2. The standard InChI is InChI=1S/C18H18Cl3N3O2/c1-11(18(26)23-13-5-3-4-12(19)8-13)24(2)10-17(25)22-14-6-7-15(20)16(21)9-14/h3-9,11H,10H2,1-2H3,(H,22,25)(H,23,26)/t11-/m1/s1. The molecule has 2 aromatic rings. The van der Waals surface area contributed by atoms with Crippen molar-refractivity contribution in [2.45, 2.75) is 13.0 Å². The number of nitrogens with one attached hydrogen (secondary N) is 2. The molecule has 2 aromatic carbocycles. The van der Waals surface area contributed by atoms with Crippen LogP contribution in [-0.4, -0.2) is 36.3 Å². The van der Waals surface area contributed by atoms with Crippen LogP contribution >= 0.6 is 34.8 Å². The van der Waals surface area contributed by atoms with E-state index in [1.165, 1.54) is 0 Å². The third-order valence-electron chi connectivity index (χ3n) is 3.73. The summed E-state index contributed by atoms with van der Waals surface area (Å²) in [6.07, 6.45) is 0. The van der Waals surface area contributed by atoms with Crippen LogP contribution in [0.2, 0.25) is 15.1 Å². The fourth-order valence-electron chi connectivity index (χ4n) is 2.15. The first-order chi connectivity index (χ1) is 12.3. The second-order valence-corrected chi connectivity index (χ2v) is 7.02. The maximum Gasteiger partial charge on any atom is 0.241 e. The average molecular weight is 415 g/mol. The number of hydrogen-bond donors (Lipinski definition) is 2. The van der Waals surface area contributed by atoms with E-state index in [0.29, 0.717) is 26.4 Å². The van der Waals surface area contributed by atoms with Gasteiger partial charge in [-0.25, -0.2) is 0 Å². The van der Waals surface area contributed by atoms with Crippen LogP contribution in [0, 0.1) is 0 Å². The monoisotopic (exact) mass is 413 g/mol. The summed E-state index contributed by atoms with van der Waals surface area (Å²) in [4.78, 5) is 26.1. The summed E-state index contributed by atoms with van der Waals surface area (Å²) < 4.78 is 0. The van der Waals surface area contributed by atoms with Gasteiger partial charge in [-0.05, 0) is 50.4 Å². The van der Waals surface area contributed by atoms with Gasteiger partial charge in [0.1, 0.15) is 0 Å². The van der Waals surface area contributed by atoms with E-state index in [-0.39, 0.29) is 18.4 Å². The highest BCUT2D eigenvalue weighted by Gasteiger charge is 2.20. The van der Waals surface area contributed by atoms with Gasteiger partial charge >= 0.3 is 0 Å². The van der Waals surface area contributed by atoms with E-state index in [2.05, 4.69) is 10.6 Å². The minimum Gasteiger partial charge on any atom is -0.325 e. The van der Waals surface area contributed by atoms with E-state index >= 15 is 0 Å². The first-order valence-corrected chi connectivity index (χ1v) is 8.91. The number of rotatable bonds is 6. The molecule has 0 aliphatic carbocycles. The molecular formula is C18H18Cl3N3O2. The van der Waals surface area contributed by atoms with Gasteiger partial charge in [0.05, 0.1) is 22.6 Å². The van der Waals surface area contributed by atoms with Crippen molar-refractivity contribution < 1.29 is 9.59 Å². The van der Waals surface area contributed by atoms with E-state index < -0.39 is 6.04 Å². The molecule has 0 bridgehead atoms. The lowest BCUT2D eigenvalue weighted by Crippen LogP contribution is -2.43. The van der Waals surface area contributed by atoms with E-state index in [9.17, 15) is 9.59 Å². The number of carbonyl (C=O) groups excluding carboxylic acids is 2. The SMILES string of the molecule is C[C@H](C(=O)Nc1cccc(Cl)c1)N(C)CC(=O)Nc1ccc(Cl)c(Cl)c1. The molecule has 8 heteroatoms. The summed E-state index contributed by atoms with van der Waals surface area (Å²) in [6, 6.07) is 11.2. The second kappa shape index (κ2) is 9.24. The fraction of sp³-hybridized carbons (Fsp3) is 0.222. The summed E-state index contributed by atoms with van der Waals surface area (Å²) in [5.74, 6) is -0.509. The lowest BCUT2D eigenvalue weighted by Gasteiger charge is -2.23. The molecule has 0 fully saturated rings. The summed E-state index contributed by atoms with van der Waals surface area (Å²) in [7, 11) is 1.69. The van der Waals surface area contributed by atoms with Gasteiger partial charge in [-0.2, -0.15) is 0 Å². The highest BCUT2D eigenvalue weighted by atomic mass is 35.5. The summed E-state index contributed by atoms with van der Waals surface area (Å²) in [5.41, 5.74) is 1.14. The Morgan fingerprint density at radius 2 is 1.69 bits per heavy atom. The van der Waals surface area contributed by atoms with Gasteiger partial charge < -0.3 is 10.6 Å². The van der Waals surface area contributed by atoms with Crippen molar-refractivity contribution in [2.24, 2.45) is 0 Å². The molecule has 2 rings (SSSR count). The highest BCUT2D eigenvalue weighted by molar-refractivity contribution is 6.42. The Morgan fingerprint density at radius 3 is 2.35 bits per heavy atom. The number of halogens is 3. The van der Waals surface area contributed by atoms with Crippen molar-refractivity contribution in [1.29, 1.82) is 0 Å². The van der Waals surface area contributed by atoms with Crippen LogP contribution in [0.25, 0.3) is 0 Å². The van der Waals surface area contributed by atoms with Crippen LogP contribution in [-0.2, 0) is 9.59 Å². The van der Waals surface area contributed by atoms with Crippen molar-refractivity contribution in [3.05, 3.63) is 57.5 Å². The van der Waals surface area contributed by atoms with E-state index in [4.69, 9.17) is 34.8 Å². The van der Waals surface area contributed by atoms with Crippen LogP contribution < -0.4 is 10.6 Å². The van der Waals surface area contributed by atoms with Gasteiger partial charge in [0.2, 0.25) is 11.8 Å². The van der Waals surface area contributed by atoms with E-state index in [1.54, 1.807) is 61.3 Å². The van der Waals surface area contributed by atoms with Gasteiger partial charge in [0.15, 0.2) is 0 Å². The summed E-state index contributed by atoms with van der Waals surface area (Å²) in [6.45, 7) is 1.75. The Morgan fingerprint density at radius 1 is 1.00 bits per heavy atom. The normalized spacial score (nSPS) is 11.9. The molecule has 138 valence electrons.